The molecule has 0 aliphatic heterocycles. The average molecular weight is 391 g/mol. The zero-order valence-electron chi connectivity index (χ0n) is 15.8. The minimum Gasteiger partial charge on any atom is -0.346 e. The third kappa shape index (κ3) is 4.16. The number of carbonyl (C=O) groups excluding carboxylic acids is 1. The van der Waals surface area contributed by atoms with Gasteiger partial charge in [0, 0.05) is 35.7 Å². The summed E-state index contributed by atoms with van der Waals surface area (Å²) in [5.74, 6) is -0.366. The van der Waals surface area contributed by atoms with Crippen LogP contribution in [0.3, 0.4) is 0 Å². The predicted molar refractivity (Wildman–Crippen MR) is 107 cm³/mol. The minimum absolute atomic E-state index is 0.108. The number of amides is 1. The zero-order valence-corrected chi connectivity index (χ0v) is 15.8. The lowest BCUT2D eigenvalue weighted by Crippen LogP contribution is -2.23. The Morgan fingerprint density at radius 3 is 2.66 bits per heavy atom. The van der Waals surface area contributed by atoms with E-state index in [4.69, 9.17) is 5.10 Å². The number of nitrogens with zero attached hydrogens (tertiary/aromatic N) is 4. The van der Waals surface area contributed by atoms with Crippen molar-refractivity contribution in [2.75, 3.05) is 0 Å². The first kappa shape index (κ1) is 18.8. The van der Waals surface area contributed by atoms with E-state index in [-0.39, 0.29) is 23.7 Å². The number of benzene rings is 1. The van der Waals surface area contributed by atoms with Gasteiger partial charge in [0.1, 0.15) is 0 Å². The molecular formula is C21H21N5O3. The summed E-state index contributed by atoms with van der Waals surface area (Å²) in [6.45, 7) is 0.249. The van der Waals surface area contributed by atoms with Gasteiger partial charge >= 0.3 is 0 Å². The van der Waals surface area contributed by atoms with Crippen molar-refractivity contribution in [3.05, 3.63) is 76.2 Å². The number of nitrogens with one attached hydrogen (secondary N) is 1. The van der Waals surface area contributed by atoms with E-state index < -0.39 is 4.92 Å². The van der Waals surface area contributed by atoms with Crippen LogP contribution >= 0.6 is 0 Å². The number of non-ortho nitro benzene ring substituents is 1. The molecule has 3 aromatic rings. The first-order chi connectivity index (χ1) is 14.1. The third-order valence-electron chi connectivity index (χ3n) is 5.18. The smallest absolute Gasteiger partial charge is 0.270 e. The van der Waals surface area contributed by atoms with E-state index in [0.29, 0.717) is 6.04 Å². The highest BCUT2D eigenvalue weighted by atomic mass is 16.6. The molecular weight excluding hydrogens is 370 g/mol. The molecule has 1 fully saturated rings. The summed E-state index contributed by atoms with van der Waals surface area (Å²) in [7, 11) is 0. The van der Waals surface area contributed by atoms with Crippen LogP contribution in [0.25, 0.3) is 11.3 Å². The van der Waals surface area contributed by atoms with E-state index >= 15 is 0 Å². The number of carbonyl (C=O) groups is 1. The molecule has 148 valence electrons. The Bertz CT molecular complexity index is 1030. The first-order valence-electron chi connectivity index (χ1n) is 9.63. The van der Waals surface area contributed by atoms with Crippen LogP contribution in [0.4, 0.5) is 5.69 Å². The lowest BCUT2D eigenvalue weighted by atomic mass is 10.1. The number of pyridine rings is 1. The molecule has 0 bridgehead atoms. The Labute approximate surface area is 167 Å². The summed E-state index contributed by atoms with van der Waals surface area (Å²) in [4.78, 5) is 26.9. The average Bonchev–Trinajstić information content (AvgIpc) is 3.42. The SMILES string of the molecule is O=C(NCc1cc(-c2ccncc2)n(C2CCCC2)n1)c1cccc([N+](=O)[O-])c1. The number of aromatic nitrogens is 3. The molecule has 0 spiro atoms. The van der Waals surface area contributed by atoms with Crippen LogP contribution in [0.5, 0.6) is 0 Å². The van der Waals surface area contributed by atoms with Crippen molar-refractivity contribution >= 4 is 11.6 Å². The summed E-state index contributed by atoms with van der Waals surface area (Å²) in [5.41, 5.74) is 2.95. The second-order valence-electron chi connectivity index (χ2n) is 7.13. The quantitative estimate of drug-likeness (QED) is 0.507. The molecule has 2 aromatic heterocycles. The van der Waals surface area contributed by atoms with Gasteiger partial charge in [-0.25, -0.2) is 0 Å². The highest BCUT2D eigenvalue weighted by Crippen LogP contribution is 2.33. The standard InChI is InChI=1S/C21H21N5O3/c27-21(16-4-3-7-19(12-16)26(28)29)23-14-17-13-20(15-8-10-22-11-9-15)25(24-17)18-5-1-2-6-18/h3-4,7-13,18H,1-2,5-6,14H2,(H,23,27). The number of hydrogen-bond acceptors (Lipinski definition) is 5. The molecule has 2 heterocycles. The summed E-state index contributed by atoms with van der Waals surface area (Å²) < 4.78 is 2.07. The number of rotatable bonds is 6. The normalized spacial score (nSPS) is 14.1. The minimum atomic E-state index is -0.513. The molecule has 1 N–H and O–H groups in total. The van der Waals surface area contributed by atoms with Crippen LogP contribution in [0.2, 0.25) is 0 Å². The van der Waals surface area contributed by atoms with Crippen molar-refractivity contribution in [2.45, 2.75) is 38.3 Å². The fraction of sp³-hybridized carbons (Fsp3) is 0.286. The molecule has 0 saturated heterocycles. The summed E-state index contributed by atoms with van der Waals surface area (Å²) >= 11 is 0. The van der Waals surface area contributed by atoms with Crippen LogP contribution < -0.4 is 5.32 Å². The molecule has 1 aliphatic carbocycles. The van der Waals surface area contributed by atoms with Crippen LogP contribution in [-0.2, 0) is 6.54 Å². The third-order valence-corrected chi connectivity index (χ3v) is 5.18. The fourth-order valence-electron chi connectivity index (χ4n) is 3.73. The van der Waals surface area contributed by atoms with Gasteiger partial charge in [-0.15, -0.1) is 0 Å². The Morgan fingerprint density at radius 2 is 1.93 bits per heavy atom. The largest absolute Gasteiger partial charge is 0.346 e. The Kier molecular flexibility index (Phi) is 5.33. The van der Waals surface area contributed by atoms with E-state index in [2.05, 4.69) is 15.0 Å². The Morgan fingerprint density at radius 1 is 1.17 bits per heavy atom. The van der Waals surface area contributed by atoms with Crippen LogP contribution in [0, 0.1) is 10.1 Å². The maximum atomic E-state index is 12.4. The first-order valence-corrected chi connectivity index (χ1v) is 9.63. The Balaban J connectivity index is 1.54. The van der Waals surface area contributed by atoms with Gasteiger partial charge < -0.3 is 5.32 Å². The lowest BCUT2D eigenvalue weighted by Gasteiger charge is -2.14. The summed E-state index contributed by atoms with van der Waals surface area (Å²) in [6, 6.07) is 11.9. The van der Waals surface area contributed by atoms with Crippen molar-refractivity contribution in [2.24, 2.45) is 0 Å². The van der Waals surface area contributed by atoms with E-state index in [0.717, 1.165) is 29.8 Å². The molecule has 4 rings (SSSR count). The molecule has 0 radical (unpaired) electrons. The van der Waals surface area contributed by atoms with Crippen molar-refractivity contribution in [1.82, 2.24) is 20.1 Å². The predicted octanol–water partition coefficient (Wildman–Crippen LogP) is 3.90. The van der Waals surface area contributed by atoms with E-state index in [1.165, 1.54) is 31.0 Å². The lowest BCUT2D eigenvalue weighted by molar-refractivity contribution is -0.384. The van der Waals surface area contributed by atoms with Gasteiger partial charge in [0.15, 0.2) is 0 Å². The zero-order chi connectivity index (χ0) is 20.2. The van der Waals surface area contributed by atoms with Gasteiger partial charge in [0.2, 0.25) is 0 Å². The van der Waals surface area contributed by atoms with Gasteiger partial charge in [-0.05, 0) is 37.1 Å². The molecule has 29 heavy (non-hydrogen) atoms. The fourth-order valence-corrected chi connectivity index (χ4v) is 3.73. The van der Waals surface area contributed by atoms with Crippen LogP contribution in [0.15, 0.2) is 54.9 Å². The molecule has 1 amide bonds. The van der Waals surface area contributed by atoms with Crippen molar-refractivity contribution < 1.29 is 9.72 Å². The number of hydrogen-bond donors (Lipinski definition) is 1. The number of nitro benzene ring substituents is 1. The second kappa shape index (κ2) is 8.22. The van der Waals surface area contributed by atoms with E-state index in [1.54, 1.807) is 18.5 Å². The monoisotopic (exact) mass is 391 g/mol. The summed E-state index contributed by atoms with van der Waals surface area (Å²) in [5, 5.41) is 18.5. The maximum Gasteiger partial charge on any atom is 0.270 e. The van der Waals surface area contributed by atoms with Crippen molar-refractivity contribution in [3.63, 3.8) is 0 Å². The molecule has 1 aromatic carbocycles. The molecule has 8 heteroatoms. The highest BCUT2D eigenvalue weighted by molar-refractivity contribution is 5.94. The van der Waals surface area contributed by atoms with Crippen molar-refractivity contribution in [1.29, 1.82) is 0 Å². The van der Waals surface area contributed by atoms with E-state index in [1.807, 2.05) is 18.2 Å². The highest BCUT2D eigenvalue weighted by Gasteiger charge is 2.22. The molecule has 0 atom stereocenters. The van der Waals surface area contributed by atoms with Gasteiger partial charge in [-0.3, -0.25) is 24.6 Å². The van der Waals surface area contributed by atoms with Gasteiger partial charge in [-0.2, -0.15) is 5.10 Å². The van der Waals surface area contributed by atoms with Crippen LogP contribution in [-0.4, -0.2) is 25.6 Å². The maximum absolute atomic E-state index is 12.4. The van der Waals surface area contributed by atoms with Crippen molar-refractivity contribution in [3.8, 4) is 11.3 Å². The van der Waals surface area contributed by atoms with Gasteiger partial charge in [-0.1, -0.05) is 18.9 Å². The Hall–Kier alpha value is -3.55. The molecule has 1 aliphatic rings. The number of nitro groups is 1. The summed E-state index contributed by atoms with van der Waals surface area (Å²) in [6.07, 6.45) is 8.09. The van der Waals surface area contributed by atoms with E-state index in [9.17, 15) is 14.9 Å². The van der Waals surface area contributed by atoms with Crippen LogP contribution in [0.1, 0.15) is 47.8 Å². The van der Waals surface area contributed by atoms with Gasteiger partial charge in [0.25, 0.3) is 11.6 Å². The topological polar surface area (TPSA) is 103 Å². The van der Waals surface area contributed by atoms with Gasteiger partial charge in [0.05, 0.1) is 28.9 Å². The molecule has 8 nitrogen and oxygen atoms in total. The second-order valence-corrected chi connectivity index (χ2v) is 7.13. The molecule has 0 unspecified atom stereocenters. The molecule has 1 saturated carbocycles.